The summed E-state index contributed by atoms with van der Waals surface area (Å²) in [7, 11) is 1.54. The van der Waals surface area contributed by atoms with E-state index in [9.17, 15) is 9.18 Å². The molecule has 3 nitrogen and oxygen atoms in total. The van der Waals surface area contributed by atoms with Crippen LogP contribution in [0, 0.1) is 5.82 Å². The fourth-order valence-electron chi connectivity index (χ4n) is 1.97. The molecule has 23 heavy (non-hydrogen) atoms. The van der Waals surface area contributed by atoms with E-state index in [1.54, 1.807) is 43.5 Å². The zero-order valence-corrected chi connectivity index (χ0v) is 12.8. The zero-order valence-electron chi connectivity index (χ0n) is 12.8. The summed E-state index contributed by atoms with van der Waals surface area (Å²) < 4.78 is 23.8. The van der Waals surface area contributed by atoms with Gasteiger partial charge in [0.2, 0.25) is 0 Å². The van der Waals surface area contributed by atoms with Crippen LogP contribution in [0.15, 0.2) is 61.2 Å². The number of carbonyl (C=O) groups is 1. The maximum absolute atomic E-state index is 13.1. The Morgan fingerprint density at radius 1 is 1.22 bits per heavy atom. The van der Waals surface area contributed by atoms with E-state index >= 15 is 0 Å². The summed E-state index contributed by atoms with van der Waals surface area (Å²) in [5, 5.41) is 0. The molecule has 0 bridgehead atoms. The Labute approximate surface area is 134 Å². The summed E-state index contributed by atoms with van der Waals surface area (Å²) in [6.45, 7) is 3.97. The van der Waals surface area contributed by atoms with Crippen molar-refractivity contribution in [2.75, 3.05) is 13.7 Å². The van der Waals surface area contributed by atoms with Gasteiger partial charge in [-0.1, -0.05) is 36.9 Å². The molecule has 2 rings (SSSR count). The van der Waals surface area contributed by atoms with Crippen molar-refractivity contribution in [2.45, 2.75) is 0 Å². The van der Waals surface area contributed by atoms with Gasteiger partial charge in [-0.25, -0.2) is 4.39 Å². The van der Waals surface area contributed by atoms with Crippen LogP contribution in [0.1, 0.15) is 15.9 Å². The summed E-state index contributed by atoms with van der Waals surface area (Å²) in [5.41, 5.74) is 1.08. The van der Waals surface area contributed by atoms with E-state index in [0.717, 1.165) is 5.56 Å². The Hall–Kier alpha value is -2.88. The molecule has 0 saturated carbocycles. The average Bonchev–Trinajstić information content (AvgIpc) is 2.58. The number of halogens is 1. The molecular formula is C19H17FO3. The maximum atomic E-state index is 13.1. The molecule has 118 valence electrons. The number of methoxy groups -OCH3 is 1. The lowest BCUT2D eigenvalue weighted by Gasteiger charge is -2.09. The molecule has 2 aromatic carbocycles. The van der Waals surface area contributed by atoms with Gasteiger partial charge in [0.05, 0.1) is 7.11 Å². The zero-order chi connectivity index (χ0) is 16.7. The molecule has 0 spiro atoms. The molecule has 0 aliphatic carbocycles. The van der Waals surface area contributed by atoms with E-state index in [4.69, 9.17) is 9.47 Å². The van der Waals surface area contributed by atoms with E-state index < -0.39 is 5.82 Å². The largest absolute Gasteiger partial charge is 0.493 e. The smallest absolute Gasteiger partial charge is 0.185 e. The van der Waals surface area contributed by atoms with Crippen molar-refractivity contribution in [3.05, 3.63) is 78.1 Å². The molecule has 0 aliphatic heterocycles. The molecule has 0 saturated heterocycles. The lowest BCUT2D eigenvalue weighted by molar-refractivity contribution is 0.104. The Kier molecular flexibility index (Phi) is 5.69. The van der Waals surface area contributed by atoms with Crippen molar-refractivity contribution in [2.24, 2.45) is 0 Å². The fourth-order valence-corrected chi connectivity index (χ4v) is 1.97. The third-order valence-electron chi connectivity index (χ3n) is 3.08. The molecule has 0 unspecified atom stereocenters. The van der Waals surface area contributed by atoms with Gasteiger partial charge in [0, 0.05) is 5.56 Å². The van der Waals surface area contributed by atoms with Gasteiger partial charge in [0.1, 0.15) is 12.4 Å². The number of carbonyl (C=O) groups excluding carboxylic acids is 1. The number of ether oxygens (including phenoxy) is 2. The van der Waals surface area contributed by atoms with E-state index in [1.807, 2.05) is 0 Å². The van der Waals surface area contributed by atoms with Crippen LogP contribution >= 0.6 is 0 Å². The van der Waals surface area contributed by atoms with Crippen molar-refractivity contribution in [1.82, 2.24) is 0 Å². The highest BCUT2D eigenvalue weighted by atomic mass is 19.1. The quantitative estimate of drug-likeness (QED) is 0.434. The molecule has 0 heterocycles. The molecule has 0 N–H and O–H groups in total. The van der Waals surface area contributed by atoms with Gasteiger partial charge in [0.15, 0.2) is 17.3 Å². The molecular weight excluding hydrogens is 295 g/mol. The van der Waals surface area contributed by atoms with Crippen LogP contribution in [-0.4, -0.2) is 19.5 Å². The Morgan fingerprint density at radius 2 is 2.04 bits per heavy atom. The van der Waals surface area contributed by atoms with Crippen molar-refractivity contribution in [3.63, 3.8) is 0 Å². The van der Waals surface area contributed by atoms with Crippen LogP contribution in [0.2, 0.25) is 0 Å². The van der Waals surface area contributed by atoms with Gasteiger partial charge < -0.3 is 9.47 Å². The minimum Gasteiger partial charge on any atom is -0.493 e. The topological polar surface area (TPSA) is 35.5 Å². The van der Waals surface area contributed by atoms with Crippen molar-refractivity contribution in [1.29, 1.82) is 0 Å². The maximum Gasteiger partial charge on any atom is 0.185 e. The van der Waals surface area contributed by atoms with Gasteiger partial charge >= 0.3 is 0 Å². The van der Waals surface area contributed by atoms with Crippen LogP contribution in [0.25, 0.3) is 6.08 Å². The molecule has 0 amide bonds. The first kappa shape index (κ1) is 16.5. The lowest BCUT2D eigenvalue weighted by atomic mass is 10.1. The predicted molar refractivity (Wildman–Crippen MR) is 88.5 cm³/mol. The monoisotopic (exact) mass is 312 g/mol. The fraction of sp³-hybridized carbons (Fsp3) is 0.105. The highest BCUT2D eigenvalue weighted by molar-refractivity contribution is 6.06. The van der Waals surface area contributed by atoms with Crippen LogP contribution in [0.4, 0.5) is 4.39 Å². The van der Waals surface area contributed by atoms with Crippen LogP contribution < -0.4 is 9.47 Å². The summed E-state index contributed by atoms with van der Waals surface area (Å²) in [4.78, 5) is 12.0. The molecule has 0 fully saturated rings. The third kappa shape index (κ3) is 4.54. The molecule has 0 atom stereocenters. The minimum atomic E-state index is -0.436. The number of ketones is 1. The van der Waals surface area contributed by atoms with E-state index in [-0.39, 0.29) is 5.78 Å². The van der Waals surface area contributed by atoms with Gasteiger partial charge in [-0.15, -0.1) is 0 Å². The first-order valence-corrected chi connectivity index (χ1v) is 7.03. The van der Waals surface area contributed by atoms with E-state index in [0.29, 0.717) is 23.7 Å². The van der Waals surface area contributed by atoms with Gasteiger partial charge in [-0.3, -0.25) is 4.79 Å². The van der Waals surface area contributed by atoms with E-state index in [1.165, 1.54) is 24.3 Å². The highest BCUT2D eigenvalue weighted by Crippen LogP contribution is 2.28. The summed E-state index contributed by atoms with van der Waals surface area (Å²) in [5.74, 6) is 0.457. The Morgan fingerprint density at radius 3 is 2.74 bits per heavy atom. The summed E-state index contributed by atoms with van der Waals surface area (Å²) >= 11 is 0. The SMILES string of the molecule is C=CCOc1ccc(C=CC(=O)c2cccc(F)c2)cc1OC. The molecule has 2 aromatic rings. The Bertz CT molecular complexity index is 735. The molecule has 0 aliphatic rings. The standard InChI is InChI=1S/C19H17FO3/c1-3-11-23-18-10-8-14(12-19(18)22-2)7-9-17(21)15-5-4-6-16(20)13-15/h3-10,12-13H,1,11H2,2H3. The highest BCUT2D eigenvalue weighted by Gasteiger charge is 2.05. The second-order valence-corrected chi connectivity index (χ2v) is 4.72. The number of hydrogen-bond donors (Lipinski definition) is 0. The number of hydrogen-bond acceptors (Lipinski definition) is 3. The van der Waals surface area contributed by atoms with Crippen molar-refractivity contribution < 1.29 is 18.7 Å². The lowest BCUT2D eigenvalue weighted by Crippen LogP contribution is -1.97. The molecule has 4 heteroatoms. The number of benzene rings is 2. The predicted octanol–water partition coefficient (Wildman–Crippen LogP) is 4.30. The minimum absolute atomic E-state index is 0.268. The third-order valence-corrected chi connectivity index (χ3v) is 3.08. The number of allylic oxidation sites excluding steroid dienone is 1. The van der Waals surface area contributed by atoms with Crippen LogP contribution in [0.3, 0.4) is 0 Å². The normalized spacial score (nSPS) is 10.5. The first-order chi connectivity index (χ1) is 11.1. The van der Waals surface area contributed by atoms with Crippen LogP contribution in [-0.2, 0) is 0 Å². The summed E-state index contributed by atoms with van der Waals surface area (Å²) in [6.07, 6.45) is 4.69. The average molecular weight is 312 g/mol. The van der Waals surface area contributed by atoms with Gasteiger partial charge in [0.25, 0.3) is 0 Å². The number of rotatable bonds is 7. The van der Waals surface area contributed by atoms with Gasteiger partial charge in [-0.05, 0) is 35.9 Å². The van der Waals surface area contributed by atoms with Crippen molar-refractivity contribution in [3.8, 4) is 11.5 Å². The van der Waals surface area contributed by atoms with Gasteiger partial charge in [-0.2, -0.15) is 0 Å². The molecule has 0 radical (unpaired) electrons. The van der Waals surface area contributed by atoms with Crippen LogP contribution in [0.5, 0.6) is 11.5 Å². The summed E-state index contributed by atoms with van der Waals surface area (Å²) in [6, 6.07) is 10.9. The first-order valence-electron chi connectivity index (χ1n) is 7.03. The van der Waals surface area contributed by atoms with Crippen molar-refractivity contribution >= 4 is 11.9 Å². The Balaban J connectivity index is 2.16. The molecule has 0 aromatic heterocycles. The second kappa shape index (κ2) is 7.94. The second-order valence-electron chi connectivity index (χ2n) is 4.72. The van der Waals surface area contributed by atoms with E-state index in [2.05, 4.69) is 6.58 Å².